The van der Waals surface area contributed by atoms with Gasteiger partial charge in [-0.1, -0.05) is 24.3 Å². The number of anilines is 1. The smallest absolute Gasteiger partial charge is 0.241 e. The summed E-state index contributed by atoms with van der Waals surface area (Å²) in [7, 11) is 0. The van der Waals surface area contributed by atoms with Gasteiger partial charge in [0.2, 0.25) is 5.91 Å². The number of amides is 1. The monoisotopic (exact) mass is 345 g/mol. The largest absolute Gasteiger partial charge is 0.323 e. The van der Waals surface area contributed by atoms with Crippen molar-refractivity contribution < 1.29 is 4.79 Å². The third-order valence-corrected chi connectivity index (χ3v) is 4.51. The summed E-state index contributed by atoms with van der Waals surface area (Å²) >= 11 is 3.35. The highest BCUT2D eigenvalue weighted by molar-refractivity contribution is 9.10. The lowest BCUT2D eigenvalue weighted by Crippen LogP contribution is -2.44. The molecule has 0 saturated heterocycles. The van der Waals surface area contributed by atoms with Crippen molar-refractivity contribution in [2.75, 3.05) is 5.32 Å². The Labute approximate surface area is 132 Å². The number of aryl methyl sites for hydroxylation is 1. The zero-order valence-corrected chi connectivity index (χ0v) is 13.3. The van der Waals surface area contributed by atoms with Crippen LogP contribution in [0.25, 0.3) is 0 Å². The number of rotatable bonds is 2. The molecule has 0 bridgehead atoms. The molecule has 0 spiro atoms. The van der Waals surface area contributed by atoms with E-state index in [4.69, 9.17) is 0 Å². The average Bonchev–Trinajstić information content (AvgIpc) is 2.50. The summed E-state index contributed by atoms with van der Waals surface area (Å²) in [5.41, 5.74) is 4.22. The molecule has 2 N–H and O–H groups in total. The highest BCUT2D eigenvalue weighted by Crippen LogP contribution is 2.19. The van der Waals surface area contributed by atoms with E-state index in [9.17, 15) is 4.79 Å². The van der Waals surface area contributed by atoms with Crippen LogP contribution in [0.15, 0.2) is 41.1 Å². The molecule has 3 rings (SSSR count). The molecule has 1 amide bonds. The standard InChI is InChI=1S/C16H16BrN3O/c1-10-6-13(9-19-15(10)17)20-16(21)14-7-11-4-2-3-5-12(11)8-18-14/h2-6,9,14,18H,7-8H2,1H3,(H,20,21). The lowest BCUT2D eigenvalue weighted by molar-refractivity contribution is -0.118. The van der Waals surface area contributed by atoms with Crippen molar-refractivity contribution in [3.63, 3.8) is 0 Å². The number of carbonyl (C=O) groups excluding carboxylic acids is 1. The number of fused-ring (bicyclic) bond motifs is 1. The molecular formula is C16H16BrN3O. The van der Waals surface area contributed by atoms with Crippen molar-refractivity contribution in [3.05, 3.63) is 57.8 Å². The van der Waals surface area contributed by atoms with Crippen molar-refractivity contribution in [2.45, 2.75) is 25.9 Å². The molecule has 1 aliphatic heterocycles. The Morgan fingerprint density at radius 1 is 1.38 bits per heavy atom. The van der Waals surface area contributed by atoms with Gasteiger partial charge in [0.05, 0.1) is 17.9 Å². The fourth-order valence-corrected chi connectivity index (χ4v) is 2.71. The predicted molar refractivity (Wildman–Crippen MR) is 86.1 cm³/mol. The van der Waals surface area contributed by atoms with Crippen LogP contribution in [0.2, 0.25) is 0 Å². The molecule has 1 aliphatic rings. The SMILES string of the molecule is Cc1cc(NC(=O)C2Cc3ccccc3CN2)cnc1Br. The highest BCUT2D eigenvalue weighted by Gasteiger charge is 2.23. The maximum absolute atomic E-state index is 12.4. The molecule has 1 unspecified atom stereocenters. The van der Waals surface area contributed by atoms with Gasteiger partial charge in [-0.25, -0.2) is 4.98 Å². The van der Waals surface area contributed by atoms with Crippen LogP contribution >= 0.6 is 15.9 Å². The topological polar surface area (TPSA) is 54.0 Å². The van der Waals surface area contributed by atoms with Crippen LogP contribution in [-0.2, 0) is 17.8 Å². The van der Waals surface area contributed by atoms with Gasteiger partial charge >= 0.3 is 0 Å². The predicted octanol–water partition coefficient (Wildman–Crippen LogP) is 2.81. The number of nitrogens with one attached hydrogen (secondary N) is 2. The van der Waals surface area contributed by atoms with Crippen molar-refractivity contribution in [2.24, 2.45) is 0 Å². The second-order valence-electron chi connectivity index (χ2n) is 5.23. The minimum absolute atomic E-state index is 0.0203. The Morgan fingerprint density at radius 3 is 2.90 bits per heavy atom. The second kappa shape index (κ2) is 5.95. The van der Waals surface area contributed by atoms with E-state index < -0.39 is 0 Å². The zero-order chi connectivity index (χ0) is 14.8. The Kier molecular flexibility index (Phi) is 4.03. The van der Waals surface area contributed by atoms with Gasteiger partial charge in [0, 0.05) is 6.54 Å². The van der Waals surface area contributed by atoms with Gasteiger partial charge in [0.1, 0.15) is 4.60 Å². The molecular weight excluding hydrogens is 330 g/mol. The molecule has 2 heterocycles. The third-order valence-electron chi connectivity index (χ3n) is 3.68. The van der Waals surface area contributed by atoms with E-state index in [0.717, 1.165) is 22.4 Å². The van der Waals surface area contributed by atoms with Gasteiger partial charge in [-0.3, -0.25) is 4.79 Å². The summed E-state index contributed by atoms with van der Waals surface area (Å²) in [4.78, 5) is 16.6. The van der Waals surface area contributed by atoms with E-state index in [2.05, 4.69) is 43.7 Å². The number of hydrogen-bond donors (Lipinski definition) is 2. The first kappa shape index (κ1) is 14.2. The number of nitrogens with zero attached hydrogens (tertiary/aromatic N) is 1. The van der Waals surface area contributed by atoms with E-state index in [0.29, 0.717) is 6.42 Å². The van der Waals surface area contributed by atoms with Crippen LogP contribution in [0.1, 0.15) is 16.7 Å². The van der Waals surface area contributed by atoms with Gasteiger partial charge in [-0.2, -0.15) is 0 Å². The van der Waals surface area contributed by atoms with Crippen LogP contribution in [0, 0.1) is 6.92 Å². The van der Waals surface area contributed by atoms with Gasteiger partial charge in [-0.05, 0) is 52.0 Å². The fourth-order valence-electron chi connectivity index (χ4n) is 2.50. The molecule has 108 valence electrons. The van der Waals surface area contributed by atoms with Gasteiger partial charge < -0.3 is 10.6 Å². The molecule has 2 aromatic rings. The molecule has 1 aromatic carbocycles. The first-order valence-corrected chi connectivity index (χ1v) is 7.66. The number of benzene rings is 1. The minimum atomic E-state index is -0.205. The summed E-state index contributed by atoms with van der Waals surface area (Å²) in [6.45, 7) is 2.67. The van der Waals surface area contributed by atoms with E-state index in [-0.39, 0.29) is 11.9 Å². The maximum atomic E-state index is 12.4. The van der Waals surface area contributed by atoms with Gasteiger partial charge in [0.25, 0.3) is 0 Å². The molecule has 4 nitrogen and oxygen atoms in total. The molecule has 0 aliphatic carbocycles. The molecule has 0 radical (unpaired) electrons. The van der Waals surface area contributed by atoms with Crippen molar-refractivity contribution in [3.8, 4) is 0 Å². The molecule has 0 saturated carbocycles. The first-order valence-electron chi connectivity index (χ1n) is 6.86. The van der Waals surface area contributed by atoms with Crippen molar-refractivity contribution >= 4 is 27.5 Å². The second-order valence-corrected chi connectivity index (χ2v) is 5.98. The van der Waals surface area contributed by atoms with Crippen molar-refractivity contribution in [1.29, 1.82) is 0 Å². The summed E-state index contributed by atoms with van der Waals surface area (Å²) in [6.07, 6.45) is 2.37. The Bertz CT molecular complexity index is 687. The van der Waals surface area contributed by atoms with Gasteiger partial charge in [0.15, 0.2) is 0 Å². The average molecular weight is 346 g/mol. The molecule has 0 fully saturated rings. The first-order chi connectivity index (χ1) is 10.1. The summed E-state index contributed by atoms with van der Waals surface area (Å²) in [5, 5.41) is 6.21. The van der Waals surface area contributed by atoms with Crippen LogP contribution in [0.4, 0.5) is 5.69 Å². The number of pyridine rings is 1. The fraction of sp³-hybridized carbons (Fsp3) is 0.250. The van der Waals surface area contributed by atoms with Crippen LogP contribution < -0.4 is 10.6 Å². The normalized spacial score (nSPS) is 17.1. The van der Waals surface area contributed by atoms with Crippen molar-refractivity contribution in [1.82, 2.24) is 10.3 Å². The van der Waals surface area contributed by atoms with E-state index >= 15 is 0 Å². The lowest BCUT2D eigenvalue weighted by atomic mass is 9.95. The summed E-state index contributed by atoms with van der Waals surface area (Å²) in [6, 6.07) is 9.92. The van der Waals surface area contributed by atoms with Gasteiger partial charge in [-0.15, -0.1) is 0 Å². The summed E-state index contributed by atoms with van der Waals surface area (Å²) in [5.74, 6) is -0.0203. The van der Waals surface area contributed by atoms with E-state index in [1.54, 1.807) is 6.20 Å². The van der Waals surface area contributed by atoms with Crippen LogP contribution in [0.5, 0.6) is 0 Å². The molecule has 1 aromatic heterocycles. The zero-order valence-electron chi connectivity index (χ0n) is 11.7. The van der Waals surface area contributed by atoms with E-state index in [1.165, 1.54) is 11.1 Å². The Hall–Kier alpha value is -1.72. The Balaban J connectivity index is 1.70. The maximum Gasteiger partial charge on any atom is 0.241 e. The lowest BCUT2D eigenvalue weighted by Gasteiger charge is -2.25. The van der Waals surface area contributed by atoms with E-state index in [1.807, 2.05) is 25.1 Å². The number of carbonyl (C=O) groups is 1. The number of halogens is 1. The quantitative estimate of drug-likeness (QED) is 0.823. The third kappa shape index (κ3) is 3.14. The van der Waals surface area contributed by atoms with Crippen LogP contribution in [-0.4, -0.2) is 16.9 Å². The molecule has 5 heteroatoms. The highest BCUT2D eigenvalue weighted by atomic mass is 79.9. The number of aromatic nitrogens is 1. The Morgan fingerprint density at radius 2 is 2.14 bits per heavy atom. The molecule has 1 atom stereocenters. The molecule has 21 heavy (non-hydrogen) atoms. The number of hydrogen-bond acceptors (Lipinski definition) is 3. The summed E-state index contributed by atoms with van der Waals surface area (Å²) < 4.78 is 0.796. The van der Waals surface area contributed by atoms with Crippen LogP contribution in [0.3, 0.4) is 0 Å². The minimum Gasteiger partial charge on any atom is -0.323 e.